The van der Waals surface area contributed by atoms with Crippen molar-refractivity contribution in [1.82, 2.24) is 9.69 Å². The average Bonchev–Trinajstić information content (AvgIpc) is 2.99. The molecule has 132 valence electrons. The van der Waals surface area contributed by atoms with E-state index < -0.39 is 0 Å². The molecule has 1 aliphatic heterocycles. The molecular formula is C19H20Br2N2OS. The van der Waals surface area contributed by atoms with Gasteiger partial charge in [-0.1, -0.05) is 47.9 Å². The zero-order valence-electron chi connectivity index (χ0n) is 13.7. The molecule has 0 bridgehead atoms. The van der Waals surface area contributed by atoms with E-state index in [1.807, 2.05) is 6.07 Å². The Kier molecular flexibility index (Phi) is 6.15. The predicted octanol–water partition coefficient (Wildman–Crippen LogP) is 4.99. The second-order valence-electron chi connectivity index (χ2n) is 6.34. The van der Waals surface area contributed by atoms with E-state index >= 15 is 0 Å². The Labute approximate surface area is 169 Å². The Morgan fingerprint density at radius 3 is 2.68 bits per heavy atom. The van der Waals surface area contributed by atoms with Crippen LogP contribution in [0.25, 0.3) is 10.8 Å². The van der Waals surface area contributed by atoms with Crippen molar-refractivity contribution in [3.8, 4) is 0 Å². The third-order valence-corrected chi connectivity index (χ3v) is 6.87. The van der Waals surface area contributed by atoms with Crippen LogP contribution in [0, 0.1) is 0 Å². The van der Waals surface area contributed by atoms with Gasteiger partial charge in [-0.25, -0.2) is 0 Å². The Balaban J connectivity index is 0.00000182. The minimum atomic E-state index is 0. The quantitative estimate of drug-likeness (QED) is 0.551. The van der Waals surface area contributed by atoms with Crippen LogP contribution in [-0.4, -0.2) is 17.5 Å². The molecule has 1 aromatic heterocycles. The van der Waals surface area contributed by atoms with Crippen LogP contribution in [0.1, 0.15) is 34.8 Å². The lowest BCUT2D eigenvalue weighted by Crippen LogP contribution is -2.27. The number of H-pyrrole nitrogens is 1. The molecule has 3 nitrogen and oxygen atoms in total. The van der Waals surface area contributed by atoms with Gasteiger partial charge in [-0.3, -0.25) is 9.17 Å². The summed E-state index contributed by atoms with van der Waals surface area (Å²) in [4.78, 5) is 13.6. The molecule has 3 aromatic rings. The van der Waals surface area contributed by atoms with E-state index in [1.165, 1.54) is 32.7 Å². The van der Waals surface area contributed by atoms with E-state index in [9.17, 15) is 4.79 Å². The Morgan fingerprint density at radius 1 is 1.12 bits per heavy atom. The minimum Gasteiger partial charge on any atom is -0.317 e. The molecule has 1 saturated heterocycles. The van der Waals surface area contributed by atoms with Gasteiger partial charge in [0.25, 0.3) is 5.56 Å². The molecule has 0 saturated carbocycles. The van der Waals surface area contributed by atoms with E-state index in [-0.39, 0.29) is 22.5 Å². The van der Waals surface area contributed by atoms with Crippen molar-refractivity contribution >= 4 is 55.2 Å². The summed E-state index contributed by atoms with van der Waals surface area (Å²) < 4.78 is 4.06. The molecule has 0 aliphatic carbocycles. The van der Waals surface area contributed by atoms with E-state index in [0.717, 1.165) is 36.0 Å². The van der Waals surface area contributed by atoms with Crippen molar-refractivity contribution in [1.29, 1.82) is 0 Å². The number of piperidine rings is 1. The van der Waals surface area contributed by atoms with Gasteiger partial charge in [0.15, 0.2) is 0 Å². The van der Waals surface area contributed by atoms with Crippen LogP contribution in [0.2, 0.25) is 0 Å². The number of aromatic amines is 1. The zero-order chi connectivity index (χ0) is 16.5. The maximum absolute atomic E-state index is 12.4. The van der Waals surface area contributed by atoms with Crippen molar-refractivity contribution in [3.63, 3.8) is 0 Å². The van der Waals surface area contributed by atoms with Crippen molar-refractivity contribution < 1.29 is 0 Å². The number of nitrogens with one attached hydrogen (secondary N) is 2. The molecule has 0 unspecified atom stereocenters. The molecule has 2 N–H and O–H groups in total. The minimum absolute atomic E-state index is 0. The standard InChI is InChI=1S/C19H19BrN2OS.BrH/c20-17-14(6-5-12-3-1-2-4-15(12)17)11-16-18(24-22-19(16)23)13-7-9-21-10-8-13;/h1-6,13,21H,7-11H2,(H,22,23);1H. The third kappa shape index (κ3) is 3.77. The van der Waals surface area contributed by atoms with E-state index in [0.29, 0.717) is 12.3 Å². The third-order valence-electron chi connectivity index (χ3n) is 4.85. The maximum Gasteiger partial charge on any atom is 0.261 e. The second-order valence-corrected chi connectivity index (χ2v) is 7.98. The zero-order valence-corrected chi connectivity index (χ0v) is 17.8. The highest BCUT2D eigenvalue weighted by Crippen LogP contribution is 2.33. The summed E-state index contributed by atoms with van der Waals surface area (Å²) in [7, 11) is 0. The van der Waals surface area contributed by atoms with Gasteiger partial charge in [0, 0.05) is 21.3 Å². The first-order chi connectivity index (χ1) is 11.7. The second kappa shape index (κ2) is 8.16. The molecule has 2 aromatic carbocycles. The van der Waals surface area contributed by atoms with Crippen molar-refractivity contribution in [2.75, 3.05) is 13.1 Å². The molecular weight excluding hydrogens is 464 g/mol. The van der Waals surface area contributed by atoms with Gasteiger partial charge >= 0.3 is 0 Å². The number of fused-ring (bicyclic) bond motifs is 1. The molecule has 0 radical (unpaired) electrons. The number of hydrogen-bond donors (Lipinski definition) is 2. The van der Waals surface area contributed by atoms with Crippen LogP contribution in [0.15, 0.2) is 45.7 Å². The van der Waals surface area contributed by atoms with Gasteiger partial charge in [0.1, 0.15) is 0 Å². The summed E-state index contributed by atoms with van der Waals surface area (Å²) >= 11 is 5.28. The fourth-order valence-electron chi connectivity index (χ4n) is 3.52. The van der Waals surface area contributed by atoms with Crippen LogP contribution in [0.3, 0.4) is 0 Å². The van der Waals surface area contributed by atoms with Crippen LogP contribution < -0.4 is 10.9 Å². The smallest absolute Gasteiger partial charge is 0.261 e. The van der Waals surface area contributed by atoms with Crippen LogP contribution in [0.4, 0.5) is 0 Å². The number of benzene rings is 2. The van der Waals surface area contributed by atoms with Crippen molar-refractivity contribution in [3.05, 3.63) is 67.2 Å². The average molecular weight is 484 g/mol. The highest BCUT2D eigenvalue weighted by Gasteiger charge is 2.23. The summed E-state index contributed by atoms with van der Waals surface area (Å²) in [6, 6.07) is 12.6. The molecule has 1 aliphatic rings. The topological polar surface area (TPSA) is 44.9 Å². The fraction of sp³-hybridized carbons (Fsp3) is 0.316. The SMILES string of the molecule is Br.O=c1[nH]sc(C2CCNCC2)c1Cc1ccc2ccccc2c1Br. The summed E-state index contributed by atoms with van der Waals surface area (Å²) in [5.74, 6) is 0.504. The van der Waals surface area contributed by atoms with E-state index in [4.69, 9.17) is 0 Å². The molecule has 0 amide bonds. The number of hydrogen-bond acceptors (Lipinski definition) is 3. The maximum atomic E-state index is 12.4. The summed E-state index contributed by atoms with van der Waals surface area (Å²) in [5, 5.41) is 5.81. The molecule has 2 heterocycles. The first-order valence-corrected chi connectivity index (χ1v) is 9.92. The largest absolute Gasteiger partial charge is 0.317 e. The molecule has 4 rings (SSSR count). The first kappa shape index (κ1) is 18.8. The highest BCUT2D eigenvalue weighted by atomic mass is 79.9. The van der Waals surface area contributed by atoms with Gasteiger partial charge in [0.05, 0.1) is 0 Å². The number of rotatable bonds is 3. The monoisotopic (exact) mass is 482 g/mol. The van der Waals surface area contributed by atoms with Crippen LogP contribution in [0.5, 0.6) is 0 Å². The van der Waals surface area contributed by atoms with Gasteiger partial charge < -0.3 is 5.32 Å². The van der Waals surface area contributed by atoms with Crippen LogP contribution >= 0.6 is 44.4 Å². The molecule has 0 spiro atoms. The van der Waals surface area contributed by atoms with Crippen molar-refractivity contribution in [2.45, 2.75) is 25.2 Å². The summed E-state index contributed by atoms with van der Waals surface area (Å²) in [5.41, 5.74) is 2.20. The number of aromatic nitrogens is 1. The molecule has 6 heteroatoms. The fourth-order valence-corrected chi connectivity index (χ4v) is 5.17. The summed E-state index contributed by atoms with van der Waals surface area (Å²) in [6.07, 6.45) is 2.91. The first-order valence-electron chi connectivity index (χ1n) is 8.31. The van der Waals surface area contributed by atoms with E-state index in [1.54, 1.807) is 0 Å². The van der Waals surface area contributed by atoms with Crippen LogP contribution in [-0.2, 0) is 6.42 Å². The summed E-state index contributed by atoms with van der Waals surface area (Å²) in [6.45, 7) is 2.08. The highest BCUT2D eigenvalue weighted by molar-refractivity contribution is 9.10. The lowest BCUT2D eigenvalue weighted by Gasteiger charge is -2.22. The normalized spacial score (nSPS) is 15.2. The lowest BCUT2D eigenvalue weighted by molar-refractivity contribution is 0.463. The molecule has 25 heavy (non-hydrogen) atoms. The predicted molar refractivity (Wildman–Crippen MR) is 115 cm³/mol. The number of halogens is 2. The molecule has 0 atom stereocenters. The van der Waals surface area contributed by atoms with Gasteiger partial charge in [-0.15, -0.1) is 17.0 Å². The Hall–Kier alpha value is -0.950. The van der Waals surface area contributed by atoms with Gasteiger partial charge in [0.2, 0.25) is 0 Å². The van der Waals surface area contributed by atoms with Crippen molar-refractivity contribution in [2.24, 2.45) is 0 Å². The lowest BCUT2D eigenvalue weighted by atomic mass is 9.92. The Bertz CT molecular complexity index is 929. The van der Waals surface area contributed by atoms with Gasteiger partial charge in [-0.05, 0) is 64.1 Å². The van der Waals surface area contributed by atoms with E-state index in [2.05, 4.69) is 56.0 Å². The Morgan fingerprint density at radius 2 is 1.88 bits per heavy atom. The molecule has 1 fully saturated rings. The van der Waals surface area contributed by atoms with Gasteiger partial charge in [-0.2, -0.15) is 0 Å².